The first-order chi connectivity index (χ1) is 11.0. The molecule has 6 heteroatoms. The average molecular weight is 356 g/mol. The predicted molar refractivity (Wildman–Crippen MR) is 92.3 cm³/mol. The summed E-state index contributed by atoms with van der Waals surface area (Å²) in [7, 11) is -3.22. The van der Waals surface area contributed by atoms with Gasteiger partial charge in [-0.3, -0.25) is 4.79 Å². The average Bonchev–Trinajstić information content (AvgIpc) is 3.04. The van der Waals surface area contributed by atoms with Gasteiger partial charge in [-0.05, 0) is 44.6 Å². The van der Waals surface area contributed by atoms with Crippen LogP contribution in [0.3, 0.4) is 0 Å². The van der Waals surface area contributed by atoms with Gasteiger partial charge in [0.25, 0.3) is 0 Å². The van der Waals surface area contributed by atoms with E-state index in [1.807, 2.05) is 23.3 Å². The van der Waals surface area contributed by atoms with Crippen molar-refractivity contribution in [1.29, 1.82) is 0 Å². The first-order valence-electron chi connectivity index (χ1n) is 8.58. The van der Waals surface area contributed by atoms with Crippen molar-refractivity contribution in [2.75, 3.05) is 6.54 Å². The monoisotopic (exact) mass is 355 g/mol. The highest BCUT2D eigenvalue weighted by atomic mass is 32.2. The van der Waals surface area contributed by atoms with E-state index in [4.69, 9.17) is 0 Å². The third-order valence-corrected chi connectivity index (χ3v) is 9.03. The topological polar surface area (TPSA) is 54.5 Å². The van der Waals surface area contributed by atoms with Gasteiger partial charge in [0.05, 0.1) is 11.3 Å². The summed E-state index contributed by atoms with van der Waals surface area (Å²) in [5.41, 5.74) is 0.833. The third-order valence-electron chi connectivity index (χ3n) is 5.32. The normalized spacial score (nSPS) is 27.4. The van der Waals surface area contributed by atoms with E-state index >= 15 is 0 Å². The van der Waals surface area contributed by atoms with E-state index in [9.17, 15) is 13.2 Å². The summed E-state index contributed by atoms with van der Waals surface area (Å²) < 4.78 is 25.5. The standard InChI is InChI=1S/C17H25NO3S2/c1-3-18(16(19)13-7-5-4-6-8-13)15-11-12(2)23(20,21)17-14(15)9-10-22-17/h9-10,12-13,15H,3-8,11H2,1-2H3/t12-,15-/m0/s1. The molecule has 1 aromatic rings. The predicted octanol–water partition coefficient (Wildman–Crippen LogP) is 3.78. The fraction of sp³-hybridized carbons (Fsp3) is 0.706. The number of nitrogens with zero attached hydrogens (tertiary/aromatic N) is 1. The van der Waals surface area contributed by atoms with Crippen molar-refractivity contribution in [3.05, 3.63) is 17.0 Å². The molecule has 3 rings (SSSR count). The summed E-state index contributed by atoms with van der Waals surface area (Å²) in [6, 6.07) is 1.81. The van der Waals surface area contributed by atoms with Crippen LogP contribution in [0.1, 0.15) is 64.0 Å². The first-order valence-corrected chi connectivity index (χ1v) is 11.0. The van der Waals surface area contributed by atoms with Gasteiger partial charge in [0.15, 0.2) is 9.84 Å². The van der Waals surface area contributed by atoms with Crippen molar-refractivity contribution in [2.24, 2.45) is 5.92 Å². The second kappa shape index (κ2) is 6.55. The molecule has 0 saturated heterocycles. The molecule has 2 aliphatic rings. The van der Waals surface area contributed by atoms with Crippen molar-refractivity contribution in [1.82, 2.24) is 4.90 Å². The number of hydrogen-bond donors (Lipinski definition) is 0. The number of fused-ring (bicyclic) bond motifs is 1. The lowest BCUT2D eigenvalue weighted by Crippen LogP contribution is -2.43. The van der Waals surface area contributed by atoms with E-state index < -0.39 is 15.1 Å². The molecular formula is C17H25NO3S2. The SMILES string of the molecule is CCN(C(=O)C1CCCCC1)[C@H]1C[C@H](C)S(=O)(=O)c2sccc21. The molecule has 1 aromatic heterocycles. The molecule has 1 aliphatic heterocycles. The zero-order valence-corrected chi connectivity index (χ0v) is 15.5. The van der Waals surface area contributed by atoms with Gasteiger partial charge in [-0.15, -0.1) is 11.3 Å². The smallest absolute Gasteiger partial charge is 0.226 e. The number of thiophene rings is 1. The van der Waals surface area contributed by atoms with Crippen LogP contribution in [0.5, 0.6) is 0 Å². The molecule has 128 valence electrons. The van der Waals surface area contributed by atoms with Crippen LogP contribution in [0.25, 0.3) is 0 Å². The second-order valence-electron chi connectivity index (χ2n) is 6.73. The van der Waals surface area contributed by atoms with Crippen LogP contribution in [0, 0.1) is 5.92 Å². The van der Waals surface area contributed by atoms with Gasteiger partial charge in [0, 0.05) is 18.0 Å². The van der Waals surface area contributed by atoms with Gasteiger partial charge >= 0.3 is 0 Å². The lowest BCUT2D eigenvalue weighted by molar-refractivity contribution is -0.139. The Balaban J connectivity index is 1.91. The lowest BCUT2D eigenvalue weighted by atomic mass is 9.87. The van der Waals surface area contributed by atoms with Crippen molar-refractivity contribution in [3.63, 3.8) is 0 Å². The summed E-state index contributed by atoms with van der Waals surface area (Å²) in [6.07, 6.45) is 5.96. The molecule has 2 heterocycles. The molecule has 2 atom stereocenters. The van der Waals surface area contributed by atoms with Gasteiger partial charge in [-0.2, -0.15) is 0 Å². The minimum absolute atomic E-state index is 0.0887. The largest absolute Gasteiger partial charge is 0.336 e. The molecule has 0 radical (unpaired) electrons. The first kappa shape index (κ1) is 17.0. The quantitative estimate of drug-likeness (QED) is 0.829. The van der Waals surface area contributed by atoms with E-state index in [1.165, 1.54) is 17.8 Å². The van der Waals surface area contributed by atoms with Crippen LogP contribution in [-0.4, -0.2) is 31.0 Å². The Morgan fingerprint density at radius 2 is 2.00 bits per heavy atom. The molecule has 1 saturated carbocycles. The molecule has 0 unspecified atom stereocenters. The van der Waals surface area contributed by atoms with Crippen LogP contribution < -0.4 is 0 Å². The van der Waals surface area contributed by atoms with E-state index in [2.05, 4.69) is 0 Å². The third kappa shape index (κ3) is 2.95. The Morgan fingerprint density at radius 3 is 2.65 bits per heavy atom. The highest BCUT2D eigenvalue weighted by Crippen LogP contribution is 2.43. The van der Waals surface area contributed by atoms with Gasteiger partial charge in [-0.1, -0.05) is 19.3 Å². The van der Waals surface area contributed by atoms with Gasteiger partial charge < -0.3 is 4.90 Å². The Morgan fingerprint density at radius 1 is 1.30 bits per heavy atom. The van der Waals surface area contributed by atoms with Crippen molar-refractivity contribution < 1.29 is 13.2 Å². The molecule has 1 aliphatic carbocycles. The van der Waals surface area contributed by atoms with Crippen LogP contribution >= 0.6 is 11.3 Å². The Bertz CT molecular complexity index is 674. The van der Waals surface area contributed by atoms with Gasteiger partial charge in [0.1, 0.15) is 4.21 Å². The Labute approximate surface area is 142 Å². The molecule has 0 N–H and O–H groups in total. The number of amides is 1. The van der Waals surface area contributed by atoms with Crippen molar-refractivity contribution in [3.8, 4) is 0 Å². The maximum absolute atomic E-state index is 13.0. The van der Waals surface area contributed by atoms with Crippen LogP contribution in [0.15, 0.2) is 15.7 Å². The molecular weight excluding hydrogens is 330 g/mol. The maximum atomic E-state index is 13.0. The van der Waals surface area contributed by atoms with Gasteiger partial charge in [0.2, 0.25) is 5.91 Å². The minimum atomic E-state index is -3.22. The minimum Gasteiger partial charge on any atom is -0.336 e. The van der Waals surface area contributed by atoms with E-state index in [1.54, 1.807) is 6.92 Å². The number of carbonyl (C=O) groups is 1. The molecule has 23 heavy (non-hydrogen) atoms. The molecule has 0 bridgehead atoms. The number of carbonyl (C=O) groups excluding carboxylic acids is 1. The number of sulfone groups is 1. The Hall–Kier alpha value is -0.880. The molecule has 4 nitrogen and oxygen atoms in total. The number of rotatable bonds is 3. The fourth-order valence-corrected chi connectivity index (χ4v) is 7.15. The van der Waals surface area contributed by atoms with Gasteiger partial charge in [-0.25, -0.2) is 8.42 Å². The molecule has 0 spiro atoms. The van der Waals surface area contributed by atoms with Crippen molar-refractivity contribution >= 4 is 27.1 Å². The highest BCUT2D eigenvalue weighted by molar-refractivity contribution is 7.94. The zero-order chi connectivity index (χ0) is 16.6. The molecule has 1 fully saturated rings. The van der Waals surface area contributed by atoms with Crippen LogP contribution in [0.2, 0.25) is 0 Å². The second-order valence-corrected chi connectivity index (χ2v) is 10.2. The summed E-state index contributed by atoms with van der Waals surface area (Å²) in [5.74, 6) is 0.348. The van der Waals surface area contributed by atoms with Crippen molar-refractivity contribution in [2.45, 2.75) is 67.9 Å². The molecule has 0 aromatic carbocycles. The zero-order valence-electron chi connectivity index (χ0n) is 13.8. The maximum Gasteiger partial charge on any atom is 0.226 e. The van der Waals surface area contributed by atoms with Crippen LogP contribution in [0.4, 0.5) is 0 Å². The fourth-order valence-electron chi connectivity index (χ4n) is 3.94. The number of hydrogen-bond acceptors (Lipinski definition) is 4. The Kier molecular flexibility index (Phi) is 4.83. The lowest BCUT2D eigenvalue weighted by Gasteiger charge is -2.38. The van der Waals surface area contributed by atoms with E-state index in [0.29, 0.717) is 17.2 Å². The van der Waals surface area contributed by atoms with Crippen LogP contribution in [-0.2, 0) is 14.6 Å². The van der Waals surface area contributed by atoms with E-state index in [-0.39, 0.29) is 17.9 Å². The summed E-state index contributed by atoms with van der Waals surface area (Å²) in [4.78, 5) is 14.9. The summed E-state index contributed by atoms with van der Waals surface area (Å²) >= 11 is 1.29. The summed E-state index contributed by atoms with van der Waals surface area (Å²) in [5, 5.41) is 1.42. The molecule has 1 amide bonds. The summed E-state index contributed by atoms with van der Waals surface area (Å²) in [6.45, 7) is 4.41. The van der Waals surface area contributed by atoms with E-state index in [0.717, 1.165) is 31.2 Å². The highest BCUT2D eigenvalue weighted by Gasteiger charge is 2.41.